The van der Waals surface area contributed by atoms with E-state index < -0.39 is 0 Å². The Morgan fingerprint density at radius 1 is 0.828 bits per heavy atom. The average Bonchev–Trinajstić information content (AvgIpc) is 2.72. The SMILES string of the molecule is CCCOc1ccc(Oc2ccccc2)c(NCc2ccc(C(C)(C)C)cc2)c1. The Balaban J connectivity index is 1.77. The van der Waals surface area contributed by atoms with Crippen molar-refractivity contribution in [3.63, 3.8) is 0 Å². The van der Waals surface area contributed by atoms with Crippen LogP contribution in [0.3, 0.4) is 0 Å². The number of hydrogen-bond donors (Lipinski definition) is 1. The summed E-state index contributed by atoms with van der Waals surface area (Å²) in [4.78, 5) is 0. The molecule has 0 aromatic heterocycles. The number of ether oxygens (including phenoxy) is 2. The molecular formula is C26H31NO2. The van der Waals surface area contributed by atoms with Gasteiger partial charge in [-0.05, 0) is 47.2 Å². The minimum Gasteiger partial charge on any atom is -0.494 e. The standard InChI is InChI=1S/C26H31NO2/c1-5-17-28-23-15-16-25(29-22-9-7-6-8-10-22)24(18-23)27-19-20-11-13-21(14-12-20)26(2,3)4/h6-16,18,27H,5,17,19H2,1-4H3. The van der Waals surface area contributed by atoms with E-state index in [0.717, 1.165) is 29.4 Å². The molecule has 3 nitrogen and oxygen atoms in total. The van der Waals surface area contributed by atoms with Crippen LogP contribution in [0.25, 0.3) is 0 Å². The molecule has 0 spiro atoms. The molecule has 0 radical (unpaired) electrons. The van der Waals surface area contributed by atoms with E-state index in [1.54, 1.807) is 0 Å². The van der Waals surface area contributed by atoms with Crippen LogP contribution in [-0.2, 0) is 12.0 Å². The number of hydrogen-bond acceptors (Lipinski definition) is 3. The van der Waals surface area contributed by atoms with Crippen LogP contribution in [0.2, 0.25) is 0 Å². The van der Waals surface area contributed by atoms with Gasteiger partial charge in [-0.25, -0.2) is 0 Å². The summed E-state index contributed by atoms with van der Waals surface area (Å²) in [5, 5.41) is 3.52. The fourth-order valence-electron chi connectivity index (χ4n) is 2.98. The zero-order valence-electron chi connectivity index (χ0n) is 17.9. The first-order valence-corrected chi connectivity index (χ1v) is 10.3. The normalized spacial score (nSPS) is 11.2. The molecule has 3 rings (SSSR count). The van der Waals surface area contributed by atoms with Crippen molar-refractivity contribution in [1.29, 1.82) is 0 Å². The van der Waals surface area contributed by atoms with Gasteiger partial charge in [-0.15, -0.1) is 0 Å². The summed E-state index contributed by atoms with van der Waals surface area (Å²) in [5.41, 5.74) is 3.64. The number of benzene rings is 3. The molecule has 0 heterocycles. The topological polar surface area (TPSA) is 30.5 Å². The number of rotatable bonds is 8. The van der Waals surface area contributed by atoms with Gasteiger partial charge in [0.25, 0.3) is 0 Å². The van der Waals surface area contributed by atoms with E-state index in [-0.39, 0.29) is 5.41 Å². The molecule has 0 fully saturated rings. The lowest BCUT2D eigenvalue weighted by molar-refractivity contribution is 0.317. The minimum absolute atomic E-state index is 0.160. The van der Waals surface area contributed by atoms with Gasteiger partial charge in [0.15, 0.2) is 5.75 Å². The number of anilines is 1. The Kier molecular flexibility index (Phi) is 6.82. The van der Waals surface area contributed by atoms with E-state index in [2.05, 4.69) is 57.3 Å². The highest BCUT2D eigenvalue weighted by Gasteiger charge is 2.13. The van der Waals surface area contributed by atoms with Crippen molar-refractivity contribution in [1.82, 2.24) is 0 Å². The Morgan fingerprint density at radius 2 is 1.55 bits per heavy atom. The van der Waals surface area contributed by atoms with Gasteiger partial charge < -0.3 is 14.8 Å². The first-order valence-electron chi connectivity index (χ1n) is 10.3. The minimum atomic E-state index is 0.160. The van der Waals surface area contributed by atoms with E-state index >= 15 is 0 Å². The summed E-state index contributed by atoms with van der Waals surface area (Å²) in [6.07, 6.45) is 0.977. The van der Waals surface area contributed by atoms with Gasteiger partial charge in [-0.1, -0.05) is 70.2 Å². The highest BCUT2D eigenvalue weighted by atomic mass is 16.5. The zero-order chi connectivity index (χ0) is 20.7. The first kappa shape index (κ1) is 20.8. The fraction of sp³-hybridized carbons (Fsp3) is 0.308. The van der Waals surface area contributed by atoms with Crippen LogP contribution in [-0.4, -0.2) is 6.61 Å². The van der Waals surface area contributed by atoms with E-state index in [1.165, 1.54) is 11.1 Å². The third kappa shape index (κ3) is 6.02. The molecule has 0 aliphatic heterocycles. The van der Waals surface area contributed by atoms with Crippen LogP contribution in [0.4, 0.5) is 5.69 Å². The van der Waals surface area contributed by atoms with Crippen molar-refractivity contribution in [2.24, 2.45) is 0 Å². The van der Waals surface area contributed by atoms with E-state index in [4.69, 9.17) is 9.47 Å². The smallest absolute Gasteiger partial charge is 0.150 e. The van der Waals surface area contributed by atoms with Crippen molar-refractivity contribution in [3.05, 3.63) is 83.9 Å². The van der Waals surface area contributed by atoms with Gasteiger partial charge in [0, 0.05) is 12.6 Å². The maximum absolute atomic E-state index is 6.10. The summed E-state index contributed by atoms with van der Waals surface area (Å²) >= 11 is 0. The van der Waals surface area contributed by atoms with Crippen molar-refractivity contribution >= 4 is 5.69 Å². The summed E-state index contributed by atoms with van der Waals surface area (Å²) in [6.45, 7) is 10.2. The molecule has 152 valence electrons. The summed E-state index contributed by atoms with van der Waals surface area (Å²) in [7, 11) is 0. The second kappa shape index (κ2) is 9.51. The van der Waals surface area contributed by atoms with Gasteiger partial charge in [-0.3, -0.25) is 0 Å². The molecule has 0 amide bonds. The van der Waals surface area contributed by atoms with Crippen LogP contribution in [0.15, 0.2) is 72.8 Å². The fourth-order valence-corrected chi connectivity index (χ4v) is 2.98. The molecule has 0 aliphatic rings. The second-order valence-electron chi connectivity index (χ2n) is 8.22. The predicted octanol–water partition coefficient (Wildman–Crippen LogP) is 7.18. The zero-order valence-corrected chi connectivity index (χ0v) is 17.9. The van der Waals surface area contributed by atoms with Crippen LogP contribution in [0, 0.1) is 0 Å². The maximum Gasteiger partial charge on any atom is 0.150 e. The van der Waals surface area contributed by atoms with Gasteiger partial charge in [0.1, 0.15) is 11.5 Å². The molecule has 3 heteroatoms. The number of nitrogens with one attached hydrogen (secondary N) is 1. The van der Waals surface area contributed by atoms with Crippen molar-refractivity contribution in [2.45, 2.75) is 46.1 Å². The molecular weight excluding hydrogens is 358 g/mol. The second-order valence-corrected chi connectivity index (χ2v) is 8.22. The van der Waals surface area contributed by atoms with E-state index in [9.17, 15) is 0 Å². The third-order valence-corrected chi connectivity index (χ3v) is 4.70. The highest BCUT2D eigenvalue weighted by molar-refractivity contribution is 5.61. The van der Waals surface area contributed by atoms with Crippen molar-refractivity contribution in [3.8, 4) is 17.2 Å². The molecule has 0 saturated heterocycles. The Bertz CT molecular complexity index is 896. The lowest BCUT2D eigenvalue weighted by Crippen LogP contribution is -2.11. The Hall–Kier alpha value is -2.94. The van der Waals surface area contributed by atoms with E-state index in [1.807, 2.05) is 48.5 Å². The monoisotopic (exact) mass is 389 g/mol. The van der Waals surface area contributed by atoms with Gasteiger partial charge in [0.2, 0.25) is 0 Å². The molecule has 29 heavy (non-hydrogen) atoms. The molecule has 0 bridgehead atoms. The Labute approximate surface area is 174 Å². The van der Waals surface area contributed by atoms with Gasteiger partial charge in [0.05, 0.1) is 12.3 Å². The average molecular weight is 390 g/mol. The largest absolute Gasteiger partial charge is 0.494 e. The first-order chi connectivity index (χ1) is 14.0. The molecule has 0 aliphatic carbocycles. The lowest BCUT2D eigenvalue weighted by Gasteiger charge is -2.19. The van der Waals surface area contributed by atoms with Crippen LogP contribution >= 0.6 is 0 Å². The van der Waals surface area contributed by atoms with Gasteiger partial charge >= 0.3 is 0 Å². The maximum atomic E-state index is 6.10. The summed E-state index contributed by atoms with van der Waals surface area (Å²) in [6, 6.07) is 24.5. The Morgan fingerprint density at radius 3 is 2.21 bits per heavy atom. The van der Waals surface area contributed by atoms with Crippen LogP contribution < -0.4 is 14.8 Å². The van der Waals surface area contributed by atoms with Crippen LogP contribution in [0.5, 0.6) is 17.2 Å². The molecule has 3 aromatic rings. The molecule has 0 unspecified atom stereocenters. The van der Waals surface area contributed by atoms with Crippen molar-refractivity contribution in [2.75, 3.05) is 11.9 Å². The molecule has 1 N–H and O–H groups in total. The van der Waals surface area contributed by atoms with Gasteiger partial charge in [-0.2, -0.15) is 0 Å². The molecule has 0 atom stereocenters. The molecule has 3 aromatic carbocycles. The molecule has 0 saturated carbocycles. The third-order valence-electron chi connectivity index (χ3n) is 4.70. The van der Waals surface area contributed by atoms with E-state index in [0.29, 0.717) is 13.2 Å². The predicted molar refractivity (Wildman–Crippen MR) is 121 cm³/mol. The number of para-hydroxylation sites is 1. The highest BCUT2D eigenvalue weighted by Crippen LogP contribution is 2.33. The summed E-state index contributed by atoms with van der Waals surface area (Å²) < 4.78 is 11.9. The quantitative estimate of drug-likeness (QED) is 0.443. The van der Waals surface area contributed by atoms with Crippen molar-refractivity contribution < 1.29 is 9.47 Å². The summed E-state index contributed by atoms with van der Waals surface area (Å²) in [5.74, 6) is 2.44. The lowest BCUT2D eigenvalue weighted by atomic mass is 9.87. The van der Waals surface area contributed by atoms with Crippen LogP contribution in [0.1, 0.15) is 45.2 Å².